The van der Waals surface area contributed by atoms with Crippen LogP contribution < -0.4 is 10.1 Å². The molecule has 0 spiro atoms. The average molecular weight is 415 g/mol. The summed E-state index contributed by atoms with van der Waals surface area (Å²) < 4.78 is 29.4. The maximum Gasteiger partial charge on any atom is 0.387 e. The van der Waals surface area contributed by atoms with Crippen molar-refractivity contribution in [2.24, 2.45) is 0 Å². The maximum absolute atomic E-state index is 12.5. The molecule has 6 nitrogen and oxygen atoms in total. The number of halogens is 3. The number of benzene rings is 2. The summed E-state index contributed by atoms with van der Waals surface area (Å²) in [5.41, 5.74) is 1.67. The van der Waals surface area contributed by atoms with E-state index in [9.17, 15) is 13.9 Å². The Labute approximate surface area is 168 Å². The summed E-state index contributed by atoms with van der Waals surface area (Å²) in [4.78, 5) is 12.9. The van der Waals surface area contributed by atoms with Gasteiger partial charge in [-0.1, -0.05) is 17.7 Å². The molecule has 29 heavy (non-hydrogen) atoms. The van der Waals surface area contributed by atoms with Crippen molar-refractivity contribution in [3.05, 3.63) is 65.8 Å². The monoisotopic (exact) mass is 414 g/mol. The summed E-state index contributed by atoms with van der Waals surface area (Å²) in [7, 11) is 0. The summed E-state index contributed by atoms with van der Waals surface area (Å²) in [6.07, 6.45) is 1.45. The molecule has 0 unspecified atom stereocenters. The van der Waals surface area contributed by atoms with Crippen LogP contribution in [-0.4, -0.2) is 26.7 Å². The van der Waals surface area contributed by atoms with Crippen LogP contribution in [0.4, 0.5) is 20.3 Å². The predicted octanol–water partition coefficient (Wildman–Crippen LogP) is 5.40. The van der Waals surface area contributed by atoms with Crippen LogP contribution in [0, 0.1) is 0 Å². The van der Waals surface area contributed by atoms with E-state index in [0.717, 1.165) is 0 Å². The molecule has 0 fully saturated rings. The summed E-state index contributed by atoms with van der Waals surface area (Å²) in [6, 6.07) is 14.4. The van der Waals surface area contributed by atoms with E-state index in [1.54, 1.807) is 36.4 Å². The molecule has 0 aliphatic carbocycles. The molecule has 0 amide bonds. The molecule has 0 saturated carbocycles. The number of hydrogen-bond donors (Lipinski definition) is 2. The Bertz CT molecular complexity index is 1170. The molecule has 0 aliphatic heterocycles. The van der Waals surface area contributed by atoms with Crippen LogP contribution in [-0.2, 0) is 0 Å². The minimum Gasteiger partial charge on any atom is -0.493 e. The lowest BCUT2D eigenvalue weighted by molar-refractivity contribution is -0.0498. The molecule has 4 aromatic rings. The smallest absolute Gasteiger partial charge is 0.387 e. The summed E-state index contributed by atoms with van der Waals surface area (Å²) in [5.74, 6) is 0.708. The molecule has 9 heteroatoms. The van der Waals surface area contributed by atoms with Crippen molar-refractivity contribution < 1.29 is 18.6 Å². The van der Waals surface area contributed by atoms with Crippen molar-refractivity contribution in [2.75, 3.05) is 5.32 Å². The first kappa shape index (κ1) is 18.8. The van der Waals surface area contributed by atoms with Crippen molar-refractivity contribution in [3.8, 4) is 23.0 Å². The Morgan fingerprint density at radius 2 is 1.90 bits per heavy atom. The van der Waals surface area contributed by atoms with E-state index in [4.69, 9.17) is 11.6 Å². The van der Waals surface area contributed by atoms with Gasteiger partial charge in [-0.2, -0.15) is 8.78 Å². The molecule has 146 valence electrons. The number of fused-ring (bicyclic) bond motifs is 1. The first-order chi connectivity index (χ1) is 14.0. The van der Waals surface area contributed by atoms with Gasteiger partial charge in [-0.3, -0.25) is 0 Å². The number of nitrogens with one attached hydrogen (secondary N) is 1. The highest BCUT2D eigenvalue weighted by atomic mass is 35.5. The highest BCUT2D eigenvalue weighted by molar-refractivity contribution is 6.31. The van der Waals surface area contributed by atoms with Crippen molar-refractivity contribution in [1.29, 1.82) is 0 Å². The zero-order valence-electron chi connectivity index (χ0n) is 14.7. The van der Waals surface area contributed by atoms with Gasteiger partial charge in [0.1, 0.15) is 11.6 Å². The van der Waals surface area contributed by atoms with Gasteiger partial charge in [0.2, 0.25) is 5.88 Å². The topological polar surface area (TPSA) is 80.2 Å². The van der Waals surface area contributed by atoms with Crippen molar-refractivity contribution >= 4 is 34.0 Å². The Balaban J connectivity index is 1.79. The normalized spacial score (nSPS) is 11.0. The van der Waals surface area contributed by atoms with Gasteiger partial charge in [-0.25, -0.2) is 15.0 Å². The molecule has 0 atom stereocenters. The summed E-state index contributed by atoms with van der Waals surface area (Å²) >= 11 is 6.11. The van der Waals surface area contributed by atoms with Gasteiger partial charge in [-0.15, -0.1) is 0 Å². The minimum atomic E-state index is -2.92. The Morgan fingerprint density at radius 3 is 2.66 bits per heavy atom. The number of alkyl halides is 2. The molecule has 2 aromatic heterocycles. The minimum absolute atomic E-state index is 0.0226. The fourth-order valence-corrected chi connectivity index (χ4v) is 2.90. The quantitative estimate of drug-likeness (QED) is 0.455. The molecule has 4 rings (SSSR count). The molecule has 0 radical (unpaired) electrons. The summed E-state index contributed by atoms with van der Waals surface area (Å²) in [5, 5.41) is 13.7. The van der Waals surface area contributed by atoms with Crippen LogP contribution in [0.15, 0.2) is 60.8 Å². The van der Waals surface area contributed by atoms with Crippen LogP contribution in [0.3, 0.4) is 0 Å². The number of ether oxygens (including phenoxy) is 1. The number of pyridine rings is 1. The second-order valence-electron chi connectivity index (χ2n) is 5.99. The van der Waals surface area contributed by atoms with Gasteiger partial charge in [0, 0.05) is 40.0 Å². The molecule has 0 bridgehead atoms. The van der Waals surface area contributed by atoms with E-state index in [1.165, 1.54) is 24.4 Å². The van der Waals surface area contributed by atoms with E-state index in [-0.39, 0.29) is 11.6 Å². The van der Waals surface area contributed by atoms with Crippen molar-refractivity contribution in [3.63, 3.8) is 0 Å². The van der Waals surface area contributed by atoms with Gasteiger partial charge in [-0.05, 0) is 36.4 Å². The van der Waals surface area contributed by atoms with E-state index in [0.29, 0.717) is 38.8 Å². The number of aromatic nitrogens is 3. The van der Waals surface area contributed by atoms with Crippen LogP contribution in [0.2, 0.25) is 5.02 Å². The average Bonchev–Trinajstić information content (AvgIpc) is 2.68. The molecular weight excluding hydrogens is 402 g/mol. The van der Waals surface area contributed by atoms with E-state index in [1.807, 2.05) is 0 Å². The fraction of sp³-hybridized carbons (Fsp3) is 0.0500. The Kier molecular flexibility index (Phi) is 5.09. The highest BCUT2D eigenvalue weighted by Crippen LogP contribution is 2.30. The third-order valence-electron chi connectivity index (χ3n) is 3.99. The first-order valence-electron chi connectivity index (χ1n) is 8.42. The number of aromatic hydroxyl groups is 1. The zero-order chi connectivity index (χ0) is 20.4. The SMILES string of the molecule is Oc1ccc(-c2nc(Nc3cccc(OC(F)F)c3)c3ccc(Cl)cc3n2)cn1. The second-order valence-corrected chi connectivity index (χ2v) is 6.43. The summed E-state index contributed by atoms with van der Waals surface area (Å²) in [6.45, 7) is -2.92. The molecule has 0 aliphatic rings. The molecule has 2 heterocycles. The van der Waals surface area contributed by atoms with E-state index < -0.39 is 6.61 Å². The number of anilines is 2. The van der Waals surface area contributed by atoms with Crippen LogP contribution >= 0.6 is 11.6 Å². The lowest BCUT2D eigenvalue weighted by Crippen LogP contribution is -2.03. The lowest BCUT2D eigenvalue weighted by atomic mass is 10.2. The highest BCUT2D eigenvalue weighted by Gasteiger charge is 2.12. The first-order valence-corrected chi connectivity index (χ1v) is 8.80. The predicted molar refractivity (Wildman–Crippen MR) is 106 cm³/mol. The third-order valence-corrected chi connectivity index (χ3v) is 4.22. The largest absolute Gasteiger partial charge is 0.493 e. The van der Waals surface area contributed by atoms with Gasteiger partial charge < -0.3 is 15.2 Å². The van der Waals surface area contributed by atoms with E-state index in [2.05, 4.69) is 25.0 Å². The molecule has 2 aromatic carbocycles. The second kappa shape index (κ2) is 7.84. The Hall–Kier alpha value is -3.52. The maximum atomic E-state index is 12.5. The fourth-order valence-electron chi connectivity index (χ4n) is 2.73. The van der Waals surface area contributed by atoms with E-state index >= 15 is 0 Å². The zero-order valence-corrected chi connectivity index (χ0v) is 15.4. The Morgan fingerprint density at radius 1 is 1.03 bits per heavy atom. The number of hydrogen-bond acceptors (Lipinski definition) is 6. The number of nitrogens with zero attached hydrogens (tertiary/aromatic N) is 3. The van der Waals surface area contributed by atoms with Crippen molar-refractivity contribution in [2.45, 2.75) is 6.61 Å². The van der Waals surface area contributed by atoms with Gasteiger partial charge in [0.15, 0.2) is 5.82 Å². The standard InChI is InChI=1S/C20H13ClF2N4O2/c21-12-5-6-15-16(8-12)26-18(11-4-7-17(28)24-10-11)27-19(15)25-13-2-1-3-14(9-13)29-20(22)23/h1-10,20H,(H,24,28)(H,25,26,27). The number of rotatable bonds is 5. The van der Waals surface area contributed by atoms with Crippen molar-refractivity contribution in [1.82, 2.24) is 15.0 Å². The third kappa shape index (κ3) is 4.33. The lowest BCUT2D eigenvalue weighted by Gasteiger charge is -2.12. The van der Waals surface area contributed by atoms with Gasteiger partial charge in [0.05, 0.1) is 5.52 Å². The van der Waals surface area contributed by atoms with Crippen LogP contribution in [0.1, 0.15) is 0 Å². The molecule has 2 N–H and O–H groups in total. The van der Waals surface area contributed by atoms with Crippen LogP contribution in [0.25, 0.3) is 22.3 Å². The van der Waals surface area contributed by atoms with Crippen LogP contribution in [0.5, 0.6) is 11.6 Å². The van der Waals surface area contributed by atoms with Gasteiger partial charge >= 0.3 is 6.61 Å². The molecule has 0 saturated heterocycles. The molecular formula is C20H13ClF2N4O2. The van der Waals surface area contributed by atoms with Gasteiger partial charge in [0.25, 0.3) is 0 Å².